The molecule has 0 spiro atoms. The summed E-state index contributed by atoms with van der Waals surface area (Å²) in [7, 11) is 0. The number of benzene rings is 1. The van der Waals surface area contributed by atoms with E-state index < -0.39 is 0 Å². The molecule has 0 aliphatic carbocycles. The molecule has 0 bridgehead atoms. The van der Waals surface area contributed by atoms with Gasteiger partial charge < -0.3 is 20.0 Å². The van der Waals surface area contributed by atoms with Crippen molar-refractivity contribution in [1.82, 2.24) is 10.2 Å². The Balaban J connectivity index is 1.63. The van der Waals surface area contributed by atoms with Crippen LogP contribution in [0.5, 0.6) is 0 Å². The van der Waals surface area contributed by atoms with Gasteiger partial charge in [0.05, 0.1) is 6.26 Å². The molecule has 0 radical (unpaired) electrons. The van der Waals surface area contributed by atoms with Gasteiger partial charge in [0.15, 0.2) is 5.11 Å². The van der Waals surface area contributed by atoms with Crippen molar-refractivity contribution in [2.24, 2.45) is 0 Å². The molecule has 2 heterocycles. The zero-order chi connectivity index (χ0) is 19.1. The van der Waals surface area contributed by atoms with Gasteiger partial charge in [-0.05, 0) is 81.7 Å². The number of nitrogens with zero attached hydrogens (tertiary/aromatic N) is 1. The molecule has 0 amide bonds. The van der Waals surface area contributed by atoms with Gasteiger partial charge in [-0.3, -0.25) is 0 Å². The number of anilines is 1. The summed E-state index contributed by atoms with van der Waals surface area (Å²) in [5.74, 6) is 0.592. The highest BCUT2D eigenvalue weighted by Gasteiger charge is 2.23. The molecule has 2 N–H and O–H groups in total. The highest BCUT2D eigenvalue weighted by molar-refractivity contribution is 7.80. The van der Waals surface area contributed by atoms with Gasteiger partial charge in [0.1, 0.15) is 5.58 Å². The first-order valence-electron chi connectivity index (χ1n) is 10.5. The molecule has 3 rings (SSSR count). The fourth-order valence-electron chi connectivity index (χ4n) is 3.91. The lowest BCUT2D eigenvalue weighted by Crippen LogP contribution is -2.33. The minimum Gasteiger partial charge on any atom is -0.464 e. The van der Waals surface area contributed by atoms with Gasteiger partial charge in [0, 0.05) is 23.2 Å². The van der Waals surface area contributed by atoms with Crippen molar-refractivity contribution in [3.8, 4) is 0 Å². The number of piperidine rings is 1. The summed E-state index contributed by atoms with van der Waals surface area (Å²) in [5.41, 5.74) is 3.35. The second-order valence-electron chi connectivity index (χ2n) is 7.61. The molecule has 5 heteroatoms. The topological polar surface area (TPSA) is 40.4 Å². The number of furan rings is 1. The van der Waals surface area contributed by atoms with E-state index in [1.807, 2.05) is 18.4 Å². The highest BCUT2D eigenvalue weighted by Crippen LogP contribution is 2.35. The lowest BCUT2D eigenvalue weighted by molar-refractivity contribution is 0.208. The molecule has 1 aromatic carbocycles. The van der Waals surface area contributed by atoms with E-state index in [-0.39, 0.29) is 0 Å². The number of hydrogen-bond acceptors (Lipinski definition) is 3. The van der Waals surface area contributed by atoms with Crippen LogP contribution in [0.1, 0.15) is 63.9 Å². The van der Waals surface area contributed by atoms with E-state index >= 15 is 0 Å². The summed E-state index contributed by atoms with van der Waals surface area (Å²) < 4.78 is 5.84. The fraction of sp³-hybridized carbons (Fsp3) is 0.591. The van der Waals surface area contributed by atoms with Crippen LogP contribution in [0, 0.1) is 0 Å². The van der Waals surface area contributed by atoms with Gasteiger partial charge in [0.2, 0.25) is 0 Å². The average molecular weight is 388 g/mol. The Morgan fingerprint density at radius 2 is 2.00 bits per heavy atom. The smallest absolute Gasteiger partial charge is 0.170 e. The third kappa shape index (κ3) is 5.45. The van der Waals surface area contributed by atoms with Crippen molar-refractivity contribution in [3.05, 3.63) is 30.0 Å². The van der Waals surface area contributed by atoms with Crippen molar-refractivity contribution >= 4 is 34.0 Å². The van der Waals surface area contributed by atoms with Gasteiger partial charge in [0.25, 0.3) is 0 Å². The first-order chi connectivity index (χ1) is 13.2. The number of nitrogens with one attached hydrogen (secondary N) is 2. The molecule has 0 saturated carbocycles. The van der Waals surface area contributed by atoms with Gasteiger partial charge in [-0.15, -0.1) is 0 Å². The Kier molecular flexibility index (Phi) is 7.53. The van der Waals surface area contributed by atoms with E-state index in [0.29, 0.717) is 11.0 Å². The van der Waals surface area contributed by atoms with Crippen LogP contribution < -0.4 is 10.6 Å². The summed E-state index contributed by atoms with van der Waals surface area (Å²) >= 11 is 5.37. The molecular weight excluding hydrogens is 354 g/mol. The van der Waals surface area contributed by atoms with Crippen molar-refractivity contribution in [1.29, 1.82) is 0 Å². The first kappa shape index (κ1) is 20.2. The van der Waals surface area contributed by atoms with E-state index in [9.17, 15) is 0 Å². The van der Waals surface area contributed by atoms with Crippen LogP contribution >= 0.6 is 12.2 Å². The Morgan fingerprint density at radius 3 is 2.74 bits per heavy atom. The molecule has 1 aliphatic rings. The third-order valence-corrected chi connectivity index (χ3v) is 5.75. The summed E-state index contributed by atoms with van der Waals surface area (Å²) in [6.45, 7) is 8.94. The highest BCUT2D eigenvalue weighted by atomic mass is 32.1. The van der Waals surface area contributed by atoms with E-state index in [2.05, 4.69) is 35.4 Å². The van der Waals surface area contributed by atoms with Gasteiger partial charge in [-0.25, -0.2) is 0 Å². The zero-order valence-corrected chi connectivity index (χ0v) is 17.5. The summed E-state index contributed by atoms with van der Waals surface area (Å²) in [5, 5.41) is 8.42. The Morgan fingerprint density at radius 1 is 1.19 bits per heavy atom. The predicted octanol–water partition coefficient (Wildman–Crippen LogP) is 5.50. The Hall–Kier alpha value is -1.59. The normalized spacial score (nSPS) is 15.9. The van der Waals surface area contributed by atoms with Crippen molar-refractivity contribution < 1.29 is 4.42 Å². The second-order valence-corrected chi connectivity index (χ2v) is 8.01. The molecule has 0 unspecified atom stereocenters. The van der Waals surface area contributed by atoms with Crippen LogP contribution in [0.25, 0.3) is 11.0 Å². The van der Waals surface area contributed by atoms with Crippen LogP contribution in [0.15, 0.2) is 28.9 Å². The fourth-order valence-corrected chi connectivity index (χ4v) is 4.13. The van der Waals surface area contributed by atoms with E-state index in [0.717, 1.165) is 24.2 Å². The lowest BCUT2D eigenvalue weighted by Gasteiger charge is -2.31. The van der Waals surface area contributed by atoms with Crippen LogP contribution in [-0.4, -0.2) is 36.2 Å². The zero-order valence-electron chi connectivity index (χ0n) is 16.7. The third-order valence-electron chi connectivity index (χ3n) is 5.50. The lowest BCUT2D eigenvalue weighted by atomic mass is 9.89. The average Bonchev–Trinajstić information content (AvgIpc) is 3.10. The van der Waals surface area contributed by atoms with Crippen molar-refractivity contribution in [2.75, 3.05) is 31.5 Å². The summed E-state index contributed by atoms with van der Waals surface area (Å²) in [6.07, 6.45) is 9.44. The number of rotatable bonds is 8. The van der Waals surface area contributed by atoms with Gasteiger partial charge >= 0.3 is 0 Å². The molecule has 148 valence electrons. The maximum absolute atomic E-state index is 5.84. The van der Waals surface area contributed by atoms with Crippen LogP contribution in [0.4, 0.5) is 5.69 Å². The number of fused-ring (bicyclic) bond motifs is 1. The molecule has 1 saturated heterocycles. The first-order valence-corrected chi connectivity index (χ1v) is 10.9. The largest absolute Gasteiger partial charge is 0.464 e. The van der Waals surface area contributed by atoms with Crippen LogP contribution in [0.2, 0.25) is 0 Å². The van der Waals surface area contributed by atoms with Crippen LogP contribution in [0.3, 0.4) is 0 Å². The molecule has 0 atom stereocenters. The maximum Gasteiger partial charge on any atom is 0.170 e. The number of hydrogen-bond donors (Lipinski definition) is 2. The SMILES string of the molecule is CCCCCN1CCC(c2coc3ccc(NC(=S)NCCC)cc23)CC1. The molecule has 1 fully saturated rings. The predicted molar refractivity (Wildman–Crippen MR) is 119 cm³/mol. The molecular formula is C22H33N3OS. The molecule has 4 nitrogen and oxygen atoms in total. The molecule has 1 aromatic heterocycles. The Bertz CT molecular complexity index is 734. The van der Waals surface area contributed by atoms with E-state index in [4.69, 9.17) is 16.6 Å². The summed E-state index contributed by atoms with van der Waals surface area (Å²) in [4.78, 5) is 2.62. The summed E-state index contributed by atoms with van der Waals surface area (Å²) in [6, 6.07) is 6.26. The number of thiocarbonyl (C=S) groups is 1. The molecule has 1 aliphatic heterocycles. The standard InChI is InChI=1S/C22H33N3OS/c1-3-5-6-12-25-13-9-17(10-14-25)20-16-26-21-8-7-18(15-19(20)21)24-22(27)23-11-4-2/h7-8,15-17H,3-6,9-14H2,1-2H3,(H2,23,24,27). The number of unbranched alkanes of at least 4 members (excludes halogenated alkanes) is 2. The monoisotopic (exact) mass is 387 g/mol. The minimum atomic E-state index is 0.592. The number of likely N-dealkylation sites (tertiary alicyclic amines) is 1. The quantitative estimate of drug-likeness (QED) is 0.462. The molecule has 27 heavy (non-hydrogen) atoms. The van der Waals surface area contributed by atoms with E-state index in [1.54, 1.807) is 0 Å². The van der Waals surface area contributed by atoms with Gasteiger partial charge in [-0.1, -0.05) is 26.7 Å². The maximum atomic E-state index is 5.84. The van der Waals surface area contributed by atoms with Crippen molar-refractivity contribution in [3.63, 3.8) is 0 Å². The molecule has 2 aromatic rings. The van der Waals surface area contributed by atoms with E-state index in [1.165, 1.54) is 62.7 Å². The Labute approximate surface area is 168 Å². The van der Waals surface area contributed by atoms with Gasteiger partial charge in [-0.2, -0.15) is 0 Å². The van der Waals surface area contributed by atoms with Crippen LogP contribution in [-0.2, 0) is 0 Å². The second kappa shape index (κ2) is 10.1. The van der Waals surface area contributed by atoms with Crippen molar-refractivity contribution in [2.45, 2.75) is 58.3 Å². The minimum absolute atomic E-state index is 0.592.